The predicted octanol–water partition coefficient (Wildman–Crippen LogP) is 3.99. The molecule has 1 aromatic carbocycles. The summed E-state index contributed by atoms with van der Waals surface area (Å²) in [4.78, 5) is 12.3. The van der Waals surface area contributed by atoms with Crippen molar-refractivity contribution in [1.82, 2.24) is 14.8 Å². The van der Waals surface area contributed by atoms with Gasteiger partial charge in [0.15, 0.2) is 10.7 Å². The lowest BCUT2D eigenvalue weighted by Gasteiger charge is -2.30. The Morgan fingerprint density at radius 1 is 1.27 bits per heavy atom. The Morgan fingerprint density at radius 3 is 2.61 bits per heavy atom. The quantitative estimate of drug-likeness (QED) is 0.615. The highest BCUT2D eigenvalue weighted by atomic mass is 32.2. The molecule has 7 nitrogen and oxygen atoms in total. The summed E-state index contributed by atoms with van der Waals surface area (Å²) in [6.07, 6.45) is 4.34. The average molecular weight is 482 g/mol. The normalized spacial score (nSPS) is 16.1. The topological polar surface area (TPSA) is 92.5 Å². The van der Waals surface area contributed by atoms with E-state index >= 15 is 0 Å². The van der Waals surface area contributed by atoms with Crippen molar-refractivity contribution in [3.63, 3.8) is 0 Å². The van der Waals surface area contributed by atoms with Gasteiger partial charge >= 0.3 is 0 Å². The third-order valence-electron chi connectivity index (χ3n) is 5.65. The molecule has 0 saturated carbocycles. The fourth-order valence-corrected chi connectivity index (χ4v) is 5.44. The first kappa shape index (κ1) is 25.0. The second kappa shape index (κ2) is 10.6. The van der Waals surface area contributed by atoms with E-state index in [0.717, 1.165) is 18.6 Å². The van der Waals surface area contributed by atoms with E-state index in [2.05, 4.69) is 24.3 Å². The number of benzene rings is 1. The lowest BCUT2D eigenvalue weighted by atomic mass is 9.97. The van der Waals surface area contributed by atoms with E-state index in [1.165, 1.54) is 29.4 Å². The molecule has 1 saturated heterocycles. The number of sulfonamides is 1. The fraction of sp³-hybridized carbons (Fsp3) is 0.478. The highest BCUT2D eigenvalue weighted by Crippen LogP contribution is 2.29. The Morgan fingerprint density at radius 2 is 1.97 bits per heavy atom. The number of piperidine rings is 1. The number of aryl methyl sites for hydroxylation is 1. The SMILES string of the molecule is Cc1noc(/C=C/c2ccc(F)cc2F)c1S(=O)(=O)N1CCC(C(=O)NCCC(C)C)CC1. The molecule has 1 amide bonds. The van der Waals surface area contributed by atoms with E-state index in [1.807, 2.05) is 0 Å². The number of nitrogens with one attached hydrogen (secondary N) is 1. The second-order valence-electron chi connectivity index (χ2n) is 8.61. The Balaban J connectivity index is 1.71. The van der Waals surface area contributed by atoms with Gasteiger partial charge in [0.05, 0.1) is 0 Å². The molecule has 0 atom stereocenters. The van der Waals surface area contributed by atoms with Crippen molar-refractivity contribution >= 4 is 28.1 Å². The maximum absolute atomic E-state index is 13.9. The summed E-state index contributed by atoms with van der Waals surface area (Å²) in [5.74, 6) is -1.30. The van der Waals surface area contributed by atoms with Crippen molar-refractivity contribution < 1.29 is 26.5 Å². The van der Waals surface area contributed by atoms with E-state index in [0.29, 0.717) is 25.3 Å². The number of hydrogen-bond acceptors (Lipinski definition) is 5. The molecule has 2 heterocycles. The average Bonchev–Trinajstić information content (AvgIpc) is 3.14. The number of carbonyl (C=O) groups is 1. The molecule has 0 spiro atoms. The highest BCUT2D eigenvalue weighted by Gasteiger charge is 2.35. The van der Waals surface area contributed by atoms with Gasteiger partial charge in [-0.15, -0.1) is 0 Å². The lowest BCUT2D eigenvalue weighted by Crippen LogP contribution is -2.43. The van der Waals surface area contributed by atoms with Crippen LogP contribution >= 0.6 is 0 Å². The van der Waals surface area contributed by atoms with Gasteiger partial charge in [-0.05, 0) is 56.4 Å². The zero-order valence-corrected chi connectivity index (χ0v) is 19.8. The number of rotatable bonds is 8. The molecule has 0 radical (unpaired) electrons. The van der Waals surface area contributed by atoms with E-state index in [1.54, 1.807) is 0 Å². The van der Waals surface area contributed by atoms with Gasteiger partial charge in [-0.1, -0.05) is 19.0 Å². The van der Waals surface area contributed by atoms with Gasteiger partial charge < -0.3 is 9.84 Å². The van der Waals surface area contributed by atoms with Crippen molar-refractivity contribution in [2.24, 2.45) is 11.8 Å². The zero-order chi connectivity index (χ0) is 24.2. The van der Waals surface area contributed by atoms with E-state index in [9.17, 15) is 22.0 Å². The number of halogens is 2. The Labute approximate surface area is 192 Å². The summed E-state index contributed by atoms with van der Waals surface area (Å²) in [7, 11) is -3.94. The number of hydrogen-bond donors (Lipinski definition) is 1. The fourth-order valence-electron chi connectivity index (χ4n) is 3.72. The zero-order valence-electron chi connectivity index (χ0n) is 19.0. The summed E-state index contributed by atoms with van der Waals surface area (Å²) >= 11 is 0. The van der Waals surface area contributed by atoms with Gasteiger partial charge in [0.25, 0.3) is 0 Å². The summed E-state index contributed by atoms with van der Waals surface area (Å²) < 4.78 is 60.1. The summed E-state index contributed by atoms with van der Waals surface area (Å²) in [5, 5.41) is 6.70. The van der Waals surface area contributed by atoms with E-state index < -0.39 is 21.7 Å². The van der Waals surface area contributed by atoms with Crippen molar-refractivity contribution in [3.05, 3.63) is 46.9 Å². The van der Waals surface area contributed by atoms with Crippen LogP contribution in [0.1, 0.15) is 50.1 Å². The summed E-state index contributed by atoms with van der Waals surface area (Å²) in [6, 6.07) is 3.09. The van der Waals surface area contributed by atoms with Gasteiger partial charge in [0.1, 0.15) is 17.3 Å². The monoisotopic (exact) mass is 481 g/mol. The minimum absolute atomic E-state index is 0.0372. The third kappa shape index (κ3) is 6.05. The van der Waals surface area contributed by atoms with Crippen LogP contribution in [-0.4, -0.2) is 43.4 Å². The minimum Gasteiger partial charge on any atom is -0.356 e. The first-order chi connectivity index (χ1) is 15.6. The molecule has 1 fully saturated rings. The molecule has 0 aliphatic carbocycles. The number of carbonyl (C=O) groups excluding carboxylic acids is 1. The van der Waals surface area contributed by atoms with Crippen LogP contribution in [0.25, 0.3) is 12.2 Å². The molecule has 1 aliphatic heterocycles. The Hall–Kier alpha value is -2.59. The van der Waals surface area contributed by atoms with Gasteiger partial charge in [-0.25, -0.2) is 17.2 Å². The molecule has 10 heteroatoms. The second-order valence-corrected chi connectivity index (χ2v) is 10.5. The van der Waals surface area contributed by atoms with E-state index in [4.69, 9.17) is 4.52 Å². The van der Waals surface area contributed by atoms with Crippen LogP contribution in [0, 0.1) is 30.4 Å². The van der Waals surface area contributed by atoms with Crippen molar-refractivity contribution in [2.75, 3.05) is 19.6 Å². The van der Waals surface area contributed by atoms with Gasteiger partial charge in [-0.3, -0.25) is 4.79 Å². The number of amides is 1. The highest BCUT2D eigenvalue weighted by molar-refractivity contribution is 7.89. The van der Waals surface area contributed by atoms with Crippen LogP contribution in [0.15, 0.2) is 27.6 Å². The molecule has 0 bridgehead atoms. The predicted molar refractivity (Wildman–Crippen MR) is 120 cm³/mol. The van der Waals surface area contributed by atoms with Gasteiger partial charge in [0, 0.05) is 37.2 Å². The molecule has 3 rings (SSSR count). The van der Waals surface area contributed by atoms with Crippen LogP contribution < -0.4 is 5.32 Å². The smallest absolute Gasteiger partial charge is 0.248 e. The van der Waals surface area contributed by atoms with Crippen molar-refractivity contribution in [3.8, 4) is 0 Å². The summed E-state index contributed by atoms with van der Waals surface area (Å²) in [6.45, 7) is 6.69. The largest absolute Gasteiger partial charge is 0.356 e. The molecule has 2 aromatic rings. The molecule has 1 aliphatic rings. The van der Waals surface area contributed by atoms with Crippen molar-refractivity contribution in [2.45, 2.75) is 44.9 Å². The number of nitrogens with zero attached hydrogens (tertiary/aromatic N) is 2. The molecule has 180 valence electrons. The van der Waals surface area contributed by atoms with Gasteiger partial charge in [-0.2, -0.15) is 4.31 Å². The molecule has 33 heavy (non-hydrogen) atoms. The Kier molecular flexibility index (Phi) is 8.01. The maximum atomic E-state index is 13.9. The maximum Gasteiger partial charge on any atom is 0.248 e. The first-order valence-corrected chi connectivity index (χ1v) is 12.4. The molecular weight excluding hydrogens is 452 g/mol. The van der Waals surface area contributed by atoms with Crippen LogP contribution in [-0.2, 0) is 14.8 Å². The van der Waals surface area contributed by atoms with E-state index in [-0.39, 0.29) is 46.8 Å². The molecule has 0 unspecified atom stereocenters. The van der Waals surface area contributed by atoms with Crippen LogP contribution in [0.4, 0.5) is 8.78 Å². The van der Waals surface area contributed by atoms with Crippen LogP contribution in [0.2, 0.25) is 0 Å². The summed E-state index contributed by atoms with van der Waals surface area (Å²) in [5.41, 5.74) is 0.265. The molecular formula is C23H29F2N3O4S. The standard InChI is InChI=1S/C23H29F2N3O4S/c1-15(2)8-11-26-23(29)18-9-12-28(13-10-18)33(30,31)22-16(3)27-32-21(22)7-5-17-4-6-19(24)14-20(17)25/h4-7,14-15,18H,8-13H2,1-3H3,(H,26,29)/b7-5+. The molecule has 1 N–H and O–H groups in total. The first-order valence-electron chi connectivity index (χ1n) is 11.0. The lowest BCUT2D eigenvalue weighted by molar-refractivity contribution is -0.126. The minimum atomic E-state index is -3.94. The van der Waals surface area contributed by atoms with Crippen molar-refractivity contribution in [1.29, 1.82) is 0 Å². The van der Waals surface area contributed by atoms with Crippen LogP contribution in [0.5, 0.6) is 0 Å². The third-order valence-corrected chi connectivity index (χ3v) is 7.71. The molecule has 1 aromatic heterocycles. The number of aromatic nitrogens is 1. The van der Waals surface area contributed by atoms with Gasteiger partial charge in [0.2, 0.25) is 15.9 Å². The Bertz CT molecular complexity index is 1120. The van der Waals surface area contributed by atoms with Crippen LogP contribution in [0.3, 0.4) is 0 Å².